The van der Waals surface area contributed by atoms with Crippen LogP contribution in [0.25, 0.3) is 0 Å². The van der Waals surface area contributed by atoms with E-state index >= 15 is 0 Å². The van der Waals surface area contributed by atoms with Crippen LogP contribution in [0.2, 0.25) is 0 Å². The van der Waals surface area contributed by atoms with Crippen LogP contribution < -0.4 is 11.1 Å². The van der Waals surface area contributed by atoms with Crippen LogP contribution >= 0.6 is 0 Å². The minimum absolute atomic E-state index is 0.183. The Kier molecular flexibility index (Phi) is 4.59. The fourth-order valence-electron chi connectivity index (χ4n) is 2.64. The summed E-state index contributed by atoms with van der Waals surface area (Å²) in [6.07, 6.45) is 4.50. The molecule has 2 fully saturated rings. The number of nitrogens with zero attached hydrogens (tertiary/aromatic N) is 1. The maximum absolute atomic E-state index is 11.4. The van der Waals surface area contributed by atoms with E-state index in [0.29, 0.717) is 18.2 Å². The van der Waals surface area contributed by atoms with Gasteiger partial charge in [0.1, 0.15) is 0 Å². The summed E-state index contributed by atoms with van der Waals surface area (Å²) in [5.41, 5.74) is 5.44. The molecular weight excluding hydrogens is 230 g/mol. The fourth-order valence-corrected chi connectivity index (χ4v) is 2.64. The Hall–Kier alpha value is -0.650. The van der Waals surface area contributed by atoms with E-state index in [0.717, 1.165) is 26.0 Å². The van der Waals surface area contributed by atoms with Gasteiger partial charge in [-0.1, -0.05) is 0 Å². The molecule has 2 rings (SSSR count). The first-order valence-electron chi connectivity index (χ1n) is 6.95. The summed E-state index contributed by atoms with van der Waals surface area (Å²) >= 11 is 0. The lowest BCUT2D eigenvalue weighted by molar-refractivity contribution is -0.120. The zero-order valence-electron chi connectivity index (χ0n) is 11.4. The van der Waals surface area contributed by atoms with Gasteiger partial charge in [0, 0.05) is 25.2 Å². The molecular formula is C13H25N3O2. The van der Waals surface area contributed by atoms with Gasteiger partial charge < -0.3 is 20.7 Å². The smallest absolute Gasteiger partial charge is 0.234 e. The molecule has 5 heteroatoms. The Bertz CT molecular complexity index is 294. The van der Waals surface area contributed by atoms with Crippen molar-refractivity contribution in [2.24, 2.45) is 5.73 Å². The Morgan fingerprint density at radius 1 is 1.50 bits per heavy atom. The monoisotopic (exact) mass is 255 g/mol. The van der Waals surface area contributed by atoms with Gasteiger partial charge in [0.05, 0.1) is 12.1 Å². The Balaban J connectivity index is 1.75. The minimum Gasteiger partial charge on any atom is -0.377 e. The van der Waals surface area contributed by atoms with E-state index in [-0.39, 0.29) is 11.9 Å². The number of carbonyl (C=O) groups excluding carboxylic acids is 1. The second kappa shape index (κ2) is 5.99. The van der Waals surface area contributed by atoms with Crippen molar-refractivity contribution in [3.05, 3.63) is 0 Å². The number of nitrogens with one attached hydrogen (secondary N) is 1. The zero-order chi connectivity index (χ0) is 13.1. The molecule has 1 heterocycles. The normalized spacial score (nSPS) is 29.7. The molecule has 18 heavy (non-hydrogen) atoms. The first kappa shape index (κ1) is 13.8. The number of primary amides is 1. The average Bonchev–Trinajstić information content (AvgIpc) is 3.04. The first-order valence-corrected chi connectivity index (χ1v) is 6.95. The van der Waals surface area contributed by atoms with Crippen molar-refractivity contribution in [3.8, 4) is 0 Å². The van der Waals surface area contributed by atoms with Gasteiger partial charge in [-0.2, -0.15) is 0 Å². The second-order valence-electron chi connectivity index (χ2n) is 5.60. The van der Waals surface area contributed by atoms with Gasteiger partial charge in [-0.15, -0.1) is 0 Å². The lowest BCUT2D eigenvalue weighted by Crippen LogP contribution is -2.46. The molecule has 0 aromatic carbocycles. The van der Waals surface area contributed by atoms with Gasteiger partial charge in [0.25, 0.3) is 0 Å². The number of hydrogen-bond acceptors (Lipinski definition) is 4. The summed E-state index contributed by atoms with van der Waals surface area (Å²) in [7, 11) is 2.10. The molecule has 5 nitrogen and oxygen atoms in total. The number of nitrogens with two attached hydrogens (primary N) is 1. The topological polar surface area (TPSA) is 67.6 Å². The highest BCUT2D eigenvalue weighted by Gasteiger charge is 2.30. The highest BCUT2D eigenvalue weighted by Crippen LogP contribution is 2.21. The number of hydrogen-bond donors (Lipinski definition) is 2. The highest BCUT2D eigenvalue weighted by atomic mass is 16.5. The molecule has 1 amide bonds. The molecule has 1 aliphatic heterocycles. The number of ether oxygens (including phenoxy) is 1. The molecule has 3 atom stereocenters. The summed E-state index contributed by atoms with van der Waals surface area (Å²) in [5.74, 6) is -0.231. The molecule has 1 aliphatic carbocycles. The van der Waals surface area contributed by atoms with E-state index in [1.54, 1.807) is 0 Å². The van der Waals surface area contributed by atoms with Crippen molar-refractivity contribution in [1.29, 1.82) is 0 Å². The van der Waals surface area contributed by atoms with Gasteiger partial charge in [0.2, 0.25) is 5.91 Å². The Morgan fingerprint density at radius 3 is 2.72 bits per heavy atom. The number of amides is 1. The predicted molar refractivity (Wildman–Crippen MR) is 70.2 cm³/mol. The van der Waals surface area contributed by atoms with E-state index < -0.39 is 0 Å². The zero-order valence-corrected chi connectivity index (χ0v) is 11.4. The summed E-state index contributed by atoms with van der Waals surface area (Å²) in [6, 6.07) is 0.804. The van der Waals surface area contributed by atoms with E-state index in [1.165, 1.54) is 12.8 Å². The second-order valence-corrected chi connectivity index (χ2v) is 5.60. The molecule has 0 aromatic heterocycles. The van der Waals surface area contributed by atoms with Crippen molar-refractivity contribution >= 4 is 5.91 Å². The molecule has 1 saturated carbocycles. The maximum atomic E-state index is 11.4. The third kappa shape index (κ3) is 3.67. The Morgan fingerprint density at radius 2 is 2.22 bits per heavy atom. The van der Waals surface area contributed by atoms with Crippen molar-refractivity contribution < 1.29 is 9.53 Å². The summed E-state index contributed by atoms with van der Waals surface area (Å²) in [6.45, 7) is 3.84. The molecule has 3 N–H and O–H groups in total. The Labute approximate surface area is 109 Å². The minimum atomic E-state index is -0.231. The third-order valence-electron chi connectivity index (χ3n) is 4.03. The summed E-state index contributed by atoms with van der Waals surface area (Å²) < 4.78 is 5.57. The van der Waals surface area contributed by atoms with E-state index in [1.807, 2.05) is 0 Å². The summed E-state index contributed by atoms with van der Waals surface area (Å²) in [4.78, 5) is 13.7. The van der Waals surface area contributed by atoms with Gasteiger partial charge in [-0.3, -0.25) is 4.79 Å². The van der Waals surface area contributed by atoms with Crippen molar-refractivity contribution in [2.75, 3.05) is 20.2 Å². The van der Waals surface area contributed by atoms with Crippen LogP contribution in [0.3, 0.4) is 0 Å². The summed E-state index contributed by atoms with van der Waals surface area (Å²) in [5, 5.41) is 3.32. The largest absolute Gasteiger partial charge is 0.377 e. The lowest BCUT2D eigenvalue weighted by Gasteiger charge is -2.28. The van der Waals surface area contributed by atoms with E-state index in [4.69, 9.17) is 10.5 Å². The van der Waals surface area contributed by atoms with Crippen molar-refractivity contribution in [2.45, 2.75) is 56.8 Å². The molecule has 0 bridgehead atoms. The molecule has 0 radical (unpaired) electrons. The fraction of sp³-hybridized carbons (Fsp3) is 0.923. The van der Waals surface area contributed by atoms with E-state index in [2.05, 4.69) is 24.2 Å². The van der Waals surface area contributed by atoms with E-state index in [9.17, 15) is 4.79 Å². The quantitative estimate of drug-likeness (QED) is 0.676. The van der Waals surface area contributed by atoms with Gasteiger partial charge in [-0.05, 0) is 39.7 Å². The first-order chi connectivity index (χ1) is 8.58. The van der Waals surface area contributed by atoms with Crippen LogP contribution in [0, 0.1) is 0 Å². The lowest BCUT2D eigenvalue weighted by atomic mass is 10.1. The molecule has 1 saturated heterocycles. The van der Waals surface area contributed by atoms with Gasteiger partial charge in [-0.25, -0.2) is 0 Å². The van der Waals surface area contributed by atoms with Crippen LogP contribution in [0.15, 0.2) is 0 Å². The number of carbonyl (C=O) groups is 1. The van der Waals surface area contributed by atoms with Crippen LogP contribution in [-0.2, 0) is 9.53 Å². The number of likely N-dealkylation sites (N-methyl/N-ethyl adjacent to an activating group) is 1. The SMILES string of the molecule is CC1OCCC1N(C)CCC(NC1CC1)C(N)=O. The molecule has 2 aliphatic rings. The average molecular weight is 255 g/mol. The number of rotatable bonds is 7. The molecule has 0 aromatic rings. The van der Waals surface area contributed by atoms with Crippen LogP contribution in [0.4, 0.5) is 0 Å². The van der Waals surface area contributed by atoms with Crippen LogP contribution in [0.5, 0.6) is 0 Å². The van der Waals surface area contributed by atoms with Crippen molar-refractivity contribution in [1.82, 2.24) is 10.2 Å². The molecule has 0 spiro atoms. The van der Waals surface area contributed by atoms with Crippen molar-refractivity contribution in [3.63, 3.8) is 0 Å². The highest BCUT2D eigenvalue weighted by molar-refractivity contribution is 5.79. The standard InChI is InChI=1S/C13H25N3O2/c1-9-12(6-8-18-9)16(2)7-5-11(13(14)17)15-10-3-4-10/h9-12,15H,3-8H2,1-2H3,(H2,14,17). The van der Waals surface area contributed by atoms with Gasteiger partial charge in [0.15, 0.2) is 0 Å². The van der Waals surface area contributed by atoms with Crippen LogP contribution in [-0.4, -0.2) is 55.2 Å². The predicted octanol–water partition coefficient (Wildman–Crippen LogP) is 0.0916. The van der Waals surface area contributed by atoms with Crippen LogP contribution in [0.1, 0.15) is 32.6 Å². The van der Waals surface area contributed by atoms with Gasteiger partial charge >= 0.3 is 0 Å². The third-order valence-corrected chi connectivity index (χ3v) is 4.03. The maximum Gasteiger partial charge on any atom is 0.234 e. The molecule has 104 valence electrons. The molecule has 3 unspecified atom stereocenters.